The van der Waals surface area contributed by atoms with E-state index < -0.39 is 5.41 Å². The van der Waals surface area contributed by atoms with Gasteiger partial charge in [-0.2, -0.15) is 0 Å². The zero-order chi connectivity index (χ0) is 28.1. The highest BCUT2D eigenvalue weighted by Crippen LogP contribution is 2.45. The Morgan fingerprint density at radius 1 is 0.658 bits per heavy atom. The van der Waals surface area contributed by atoms with Gasteiger partial charge in [-0.05, 0) is 78.1 Å². The molecule has 0 aromatic heterocycles. The monoisotopic (exact) mass is 522 g/mol. The first-order valence-corrected chi connectivity index (χ1v) is 13.2. The highest BCUT2D eigenvalue weighted by Gasteiger charge is 2.33. The van der Waals surface area contributed by atoms with Crippen LogP contribution in [0.2, 0.25) is 0 Å². The summed E-state index contributed by atoms with van der Waals surface area (Å²) in [6, 6.07) is 14.9. The molecule has 3 rings (SSSR count). The Morgan fingerprint density at radius 3 is 1.79 bits per heavy atom. The minimum atomic E-state index is -0.394. The van der Waals surface area contributed by atoms with Crippen LogP contribution in [0, 0.1) is 0 Å². The lowest BCUT2D eigenvalue weighted by molar-refractivity contribution is 0.347. The van der Waals surface area contributed by atoms with Crippen molar-refractivity contribution in [3.05, 3.63) is 70.8 Å². The van der Waals surface area contributed by atoms with Gasteiger partial charge in [0.1, 0.15) is 0 Å². The zero-order valence-electron chi connectivity index (χ0n) is 23.7. The van der Waals surface area contributed by atoms with Crippen molar-refractivity contribution >= 4 is 0 Å². The minimum absolute atomic E-state index is 0.102. The fraction of sp³-hybridized carbons (Fsp3) is 0.438. The van der Waals surface area contributed by atoms with E-state index in [2.05, 4.69) is 33.8 Å². The molecule has 3 aromatic carbocycles. The second-order valence-corrected chi connectivity index (χ2v) is 10.7. The smallest absolute Gasteiger partial charge is 0.161 e. The molecule has 0 aliphatic heterocycles. The van der Waals surface area contributed by atoms with Crippen molar-refractivity contribution in [2.45, 2.75) is 70.6 Å². The number of methoxy groups -OCH3 is 3. The second-order valence-electron chi connectivity index (χ2n) is 10.7. The number of benzene rings is 3. The summed E-state index contributed by atoms with van der Waals surface area (Å²) in [5.74, 6) is 1.70. The summed E-state index contributed by atoms with van der Waals surface area (Å²) >= 11 is 0. The molecular formula is C32H42O6. The molecule has 206 valence electrons. The van der Waals surface area contributed by atoms with Crippen LogP contribution in [0.25, 0.3) is 0 Å². The Bertz CT molecular complexity index is 1250. The van der Waals surface area contributed by atoms with Gasteiger partial charge in [-0.25, -0.2) is 0 Å². The Hall–Kier alpha value is -3.54. The molecule has 3 N–H and O–H groups in total. The normalized spacial score (nSPS) is 14.4. The Kier molecular flexibility index (Phi) is 9.08. The van der Waals surface area contributed by atoms with Gasteiger partial charge in [0.05, 0.1) is 21.3 Å². The molecule has 0 saturated carbocycles. The number of phenolic OH excluding ortho intramolecular Hbond substituents is 3. The summed E-state index contributed by atoms with van der Waals surface area (Å²) in [5.41, 5.74) is 3.32. The lowest BCUT2D eigenvalue weighted by atomic mass is 9.71. The van der Waals surface area contributed by atoms with Crippen molar-refractivity contribution in [1.82, 2.24) is 0 Å². The van der Waals surface area contributed by atoms with Gasteiger partial charge in [0.25, 0.3) is 0 Å². The van der Waals surface area contributed by atoms with Gasteiger partial charge < -0.3 is 29.5 Å². The standard InChI is InChI=1S/C32H42O6/c1-8-14-32(4,19-21-10-12-25(33)27(16-21)36-5)24-15-22(17-29(38-7)30(24)35)20-31(3,9-2)23-11-13-26(34)28(18-23)37-6/h10-13,15-18,33-35H,8-9,14,19-20H2,1-7H3. The molecule has 0 heterocycles. The van der Waals surface area contributed by atoms with E-state index in [0.717, 1.165) is 41.5 Å². The molecule has 0 aliphatic rings. The molecule has 38 heavy (non-hydrogen) atoms. The van der Waals surface area contributed by atoms with Crippen molar-refractivity contribution in [2.24, 2.45) is 0 Å². The van der Waals surface area contributed by atoms with Crippen LogP contribution in [-0.2, 0) is 23.7 Å². The lowest BCUT2D eigenvalue weighted by Crippen LogP contribution is -2.27. The van der Waals surface area contributed by atoms with E-state index in [1.54, 1.807) is 33.5 Å². The van der Waals surface area contributed by atoms with Crippen LogP contribution in [0.1, 0.15) is 69.2 Å². The summed E-state index contributed by atoms with van der Waals surface area (Å²) in [5, 5.41) is 31.5. The van der Waals surface area contributed by atoms with E-state index in [9.17, 15) is 15.3 Å². The van der Waals surface area contributed by atoms with E-state index in [4.69, 9.17) is 14.2 Å². The summed E-state index contributed by atoms with van der Waals surface area (Å²) in [6.07, 6.45) is 3.99. The van der Waals surface area contributed by atoms with Crippen LogP contribution < -0.4 is 14.2 Å². The van der Waals surface area contributed by atoms with Gasteiger partial charge in [-0.15, -0.1) is 0 Å². The van der Waals surface area contributed by atoms with E-state index >= 15 is 0 Å². The predicted molar refractivity (Wildman–Crippen MR) is 151 cm³/mol. The first-order valence-electron chi connectivity index (χ1n) is 13.2. The average molecular weight is 523 g/mol. The quantitative estimate of drug-likeness (QED) is 0.236. The first kappa shape index (κ1) is 29.0. The summed E-state index contributed by atoms with van der Waals surface area (Å²) in [6.45, 7) is 8.65. The molecule has 0 amide bonds. The van der Waals surface area contributed by atoms with Crippen LogP contribution in [0.5, 0.6) is 34.5 Å². The molecule has 2 unspecified atom stereocenters. The molecule has 6 heteroatoms. The number of hydrogen-bond acceptors (Lipinski definition) is 6. The topological polar surface area (TPSA) is 88.4 Å². The zero-order valence-corrected chi connectivity index (χ0v) is 23.7. The van der Waals surface area contributed by atoms with Gasteiger partial charge in [0, 0.05) is 11.0 Å². The molecule has 3 aromatic rings. The highest BCUT2D eigenvalue weighted by molar-refractivity contribution is 5.54. The van der Waals surface area contributed by atoms with E-state index in [-0.39, 0.29) is 22.7 Å². The molecule has 2 atom stereocenters. The molecule has 0 bridgehead atoms. The third kappa shape index (κ3) is 5.95. The van der Waals surface area contributed by atoms with Crippen molar-refractivity contribution in [2.75, 3.05) is 21.3 Å². The van der Waals surface area contributed by atoms with E-state index in [1.807, 2.05) is 30.3 Å². The number of phenols is 3. The first-order chi connectivity index (χ1) is 18.0. The Labute approximate surface area is 226 Å². The molecule has 0 aliphatic carbocycles. The third-order valence-electron chi connectivity index (χ3n) is 7.90. The fourth-order valence-electron chi connectivity index (χ4n) is 5.47. The van der Waals surface area contributed by atoms with Gasteiger partial charge in [-0.1, -0.05) is 52.3 Å². The molecule has 0 radical (unpaired) electrons. The predicted octanol–water partition coefficient (Wildman–Crippen LogP) is 7.04. The highest BCUT2D eigenvalue weighted by atomic mass is 16.5. The van der Waals surface area contributed by atoms with Crippen LogP contribution in [0.3, 0.4) is 0 Å². The minimum Gasteiger partial charge on any atom is -0.504 e. The van der Waals surface area contributed by atoms with Gasteiger partial charge >= 0.3 is 0 Å². The van der Waals surface area contributed by atoms with Crippen LogP contribution >= 0.6 is 0 Å². The summed E-state index contributed by atoms with van der Waals surface area (Å²) in [7, 11) is 4.67. The van der Waals surface area contributed by atoms with Gasteiger partial charge in [-0.3, -0.25) is 0 Å². The van der Waals surface area contributed by atoms with Gasteiger partial charge in [0.2, 0.25) is 0 Å². The number of rotatable bonds is 12. The number of hydrogen-bond donors (Lipinski definition) is 3. The van der Waals surface area contributed by atoms with Crippen LogP contribution in [0.15, 0.2) is 48.5 Å². The molecule has 6 nitrogen and oxygen atoms in total. The molecule has 0 spiro atoms. The number of aromatic hydroxyl groups is 3. The van der Waals surface area contributed by atoms with Crippen molar-refractivity contribution in [1.29, 1.82) is 0 Å². The van der Waals surface area contributed by atoms with Crippen molar-refractivity contribution < 1.29 is 29.5 Å². The molecule has 0 fully saturated rings. The maximum atomic E-state index is 11.3. The Morgan fingerprint density at radius 2 is 1.21 bits per heavy atom. The SMILES string of the molecule is CCCC(C)(Cc1ccc(O)c(OC)c1)c1cc(CC(C)(CC)c2ccc(O)c(OC)c2)cc(OC)c1O. The summed E-state index contributed by atoms with van der Waals surface area (Å²) < 4.78 is 16.4. The van der Waals surface area contributed by atoms with E-state index in [0.29, 0.717) is 30.1 Å². The number of ether oxygens (including phenoxy) is 3. The second kappa shape index (κ2) is 11.9. The largest absolute Gasteiger partial charge is 0.504 e. The average Bonchev–Trinajstić information content (AvgIpc) is 2.90. The van der Waals surface area contributed by atoms with Gasteiger partial charge in [0.15, 0.2) is 34.5 Å². The maximum absolute atomic E-state index is 11.3. The van der Waals surface area contributed by atoms with Crippen LogP contribution in [-0.4, -0.2) is 36.6 Å². The maximum Gasteiger partial charge on any atom is 0.161 e. The van der Waals surface area contributed by atoms with Crippen molar-refractivity contribution in [3.8, 4) is 34.5 Å². The van der Waals surface area contributed by atoms with Crippen LogP contribution in [0.4, 0.5) is 0 Å². The van der Waals surface area contributed by atoms with Crippen molar-refractivity contribution in [3.63, 3.8) is 0 Å². The van der Waals surface area contributed by atoms with E-state index in [1.165, 1.54) is 0 Å². The Balaban J connectivity index is 2.09. The fourth-order valence-corrected chi connectivity index (χ4v) is 5.47. The summed E-state index contributed by atoms with van der Waals surface area (Å²) in [4.78, 5) is 0. The lowest BCUT2D eigenvalue weighted by Gasteiger charge is -2.34. The third-order valence-corrected chi connectivity index (χ3v) is 7.90. The molecular weight excluding hydrogens is 480 g/mol. The molecule has 0 saturated heterocycles.